The average Bonchev–Trinajstić information content (AvgIpc) is 2.29. The molecule has 2 heteroatoms. The average molecular weight is 208 g/mol. The predicted octanol–water partition coefficient (Wildman–Crippen LogP) is 3.16. The van der Waals surface area contributed by atoms with Crippen molar-refractivity contribution in [1.29, 1.82) is 0 Å². The molecule has 0 aliphatic rings. The van der Waals surface area contributed by atoms with E-state index < -0.39 is 0 Å². The van der Waals surface area contributed by atoms with Crippen molar-refractivity contribution in [3.63, 3.8) is 0 Å². The van der Waals surface area contributed by atoms with Crippen LogP contribution in [0.5, 0.6) is 0 Å². The minimum Gasteiger partial charge on any atom is -0.398 e. The van der Waals surface area contributed by atoms with Crippen molar-refractivity contribution in [3.05, 3.63) is 48.5 Å². The molecule has 78 valence electrons. The lowest BCUT2D eigenvalue weighted by Crippen LogP contribution is -1.94. The normalized spacial score (nSPS) is 11.0. The van der Waals surface area contributed by atoms with E-state index in [0.717, 1.165) is 32.9 Å². The Morgan fingerprint density at radius 3 is 2.38 bits per heavy atom. The Hall–Kier alpha value is -2.22. The summed E-state index contributed by atoms with van der Waals surface area (Å²) < 4.78 is 0. The zero-order valence-electron chi connectivity index (χ0n) is 8.77. The number of nitrogens with two attached hydrogens (primary N) is 2. The van der Waals surface area contributed by atoms with Gasteiger partial charge in [-0.1, -0.05) is 36.4 Å². The molecule has 0 radical (unpaired) electrons. The maximum absolute atomic E-state index is 6.18. The summed E-state index contributed by atoms with van der Waals surface area (Å²) in [6.45, 7) is 0. The second-order valence-corrected chi connectivity index (χ2v) is 3.96. The van der Waals surface area contributed by atoms with Crippen molar-refractivity contribution < 1.29 is 0 Å². The Balaban J connectivity index is 2.62. The summed E-state index contributed by atoms with van der Waals surface area (Å²) >= 11 is 0. The molecule has 4 N–H and O–H groups in total. The van der Waals surface area contributed by atoms with Crippen LogP contribution in [0.2, 0.25) is 0 Å². The lowest BCUT2D eigenvalue weighted by atomic mass is 10.0. The van der Waals surface area contributed by atoms with E-state index >= 15 is 0 Å². The van der Waals surface area contributed by atoms with Crippen molar-refractivity contribution in [2.75, 3.05) is 11.5 Å². The summed E-state index contributed by atoms with van der Waals surface area (Å²) in [5.41, 5.74) is 13.6. The minimum absolute atomic E-state index is 0.737. The van der Waals surface area contributed by atoms with Crippen LogP contribution in [0.4, 0.5) is 11.4 Å². The first kappa shape index (κ1) is 9.04. The summed E-state index contributed by atoms with van der Waals surface area (Å²) in [7, 11) is 0. The summed E-state index contributed by atoms with van der Waals surface area (Å²) in [4.78, 5) is 0. The number of hydrogen-bond donors (Lipinski definition) is 2. The number of anilines is 2. The van der Waals surface area contributed by atoms with E-state index in [-0.39, 0.29) is 0 Å². The highest BCUT2D eigenvalue weighted by Gasteiger charge is 2.06. The van der Waals surface area contributed by atoms with Crippen LogP contribution >= 0.6 is 0 Å². The number of fused-ring (bicyclic) bond motifs is 2. The molecule has 3 rings (SSSR count). The largest absolute Gasteiger partial charge is 0.398 e. The molecule has 0 spiro atoms. The molecule has 0 aliphatic carbocycles. The van der Waals surface area contributed by atoms with E-state index in [9.17, 15) is 0 Å². The molecular weight excluding hydrogens is 196 g/mol. The van der Waals surface area contributed by atoms with Gasteiger partial charge in [-0.15, -0.1) is 0 Å². The first-order valence-electron chi connectivity index (χ1n) is 5.23. The Kier molecular flexibility index (Phi) is 1.77. The van der Waals surface area contributed by atoms with Gasteiger partial charge in [-0.05, 0) is 22.9 Å². The fourth-order valence-electron chi connectivity index (χ4n) is 2.19. The fraction of sp³-hybridized carbons (Fsp3) is 0. The molecule has 0 saturated heterocycles. The maximum atomic E-state index is 6.18. The van der Waals surface area contributed by atoms with Gasteiger partial charge in [0, 0.05) is 22.1 Å². The molecule has 0 aliphatic heterocycles. The number of benzene rings is 3. The Bertz CT molecular complexity index is 687. The number of rotatable bonds is 0. The van der Waals surface area contributed by atoms with Crippen molar-refractivity contribution in [2.24, 2.45) is 0 Å². The van der Waals surface area contributed by atoms with Crippen LogP contribution in [0.15, 0.2) is 48.5 Å². The highest BCUT2D eigenvalue weighted by Crippen LogP contribution is 2.33. The third kappa shape index (κ3) is 1.13. The summed E-state index contributed by atoms with van der Waals surface area (Å²) in [6, 6.07) is 16.1. The van der Waals surface area contributed by atoms with Crippen LogP contribution < -0.4 is 11.5 Å². The van der Waals surface area contributed by atoms with Crippen molar-refractivity contribution in [3.8, 4) is 0 Å². The van der Waals surface area contributed by atoms with Crippen molar-refractivity contribution in [1.82, 2.24) is 0 Å². The molecule has 3 aromatic rings. The van der Waals surface area contributed by atoms with Crippen LogP contribution in [-0.4, -0.2) is 0 Å². The van der Waals surface area contributed by atoms with E-state index in [2.05, 4.69) is 12.1 Å². The molecule has 0 amide bonds. The van der Waals surface area contributed by atoms with Crippen LogP contribution in [-0.2, 0) is 0 Å². The van der Waals surface area contributed by atoms with Gasteiger partial charge in [-0.3, -0.25) is 0 Å². The molecule has 0 unspecified atom stereocenters. The smallest absolute Gasteiger partial charge is 0.0494 e. The van der Waals surface area contributed by atoms with Crippen molar-refractivity contribution in [2.45, 2.75) is 0 Å². The maximum Gasteiger partial charge on any atom is 0.0494 e. The SMILES string of the molecule is Nc1cccc2cc3ccccc3c(N)c12. The molecule has 16 heavy (non-hydrogen) atoms. The van der Waals surface area contributed by atoms with Gasteiger partial charge in [0.05, 0.1) is 0 Å². The van der Waals surface area contributed by atoms with Gasteiger partial charge in [0.15, 0.2) is 0 Å². The molecule has 0 bridgehead atoms. The van der Waals surface area contributed by atoms with Gasteiger partial charge in [-0.25, -0.2) is 0 Å². The lowest BCUT2D eigenvalue weighted by Gasteiger charge is -2.09. The minimum atomic E-state index is 0.737. The lowest BCUT2D eigenvalue weighted by molar-refractivity contribution is 1.73. The van der Waals surface area contributed by atoms with Gasteiger partial charge in [-0.2, -0.15) is 0 Å². The van der Waals surface area contributed by atoms with Gasteiger partial charge in [0.1, 0.15) is 0 Å². The Morgan fingerprint density at radius 1 is 0.750 bits per heavy atom. The molecule has 0 aromatic heterocycles. The monoisotopic (exact) mass is 208 g/mol. The highest BCUT2D eigenvalue weighted by molar-refractivity contribution is 6.14. The molecule has 0 atom stereocenters. The van der Waals surface area contributed by atoms with E-state index in [1.807, 2.05) is 36.4 Å². The third-order valence-corrected chi connectivity index (χ3v) is 2.96. The van der Waals surface area contributed by atoms with Gasteiger partial charge in [0.2, 0.25) is 0 Å². The first-order chi connectivity index (χ1) is 7.77. The number of nitrogen functional groups attached to an aromatic ring is 2. The van der Waals surface area contributed by atoms with E-state index in [1.165, 1.54) is 0 Å². The second-order valence-electron chi connectivity index (χ2n) is 3.96. The van der Waals surface area contributed by atoms with Gasteiger partial charge < -0.3 is 11.5 Å². The first-order valence-corrected chi connectivity index (χ1v) is 5.23. The van der Waals surface area contributed by atoms with Crippen LogP contribution in [0.3, 0.4) is 0 Å². The molecule has 0 fully saturated rings. The zero-order chi connectivity index (χ0) is 11.1. The number of hydrogen-bond acceptors (Lipinski definition) is 2. The molecule has 0 saturated carbocycles. The summed E-state index contributed by atoms with van der Waals surface area (Å²) in [6.07, 6.45) is 0. The fourth-order valence-corrected chi connectivity index (χ4v) is 2.19. The molecular formula is C14H12N2. The Labute approximate surface area is 93.5 Å². The van der Waals surface area contributed by atoms with E-state index in [4.69, 9.17) is 11.5 Å². The van der Waals surface area contributed by atoms with Crippen LogP contribution in [0.25, 0.3) is 21.5 Å². The molecule has 2 nitrogen and oxygen atoms in total. The van der Waals surface area contributed by atoms with E-state index in [1.54, 1.807) is 0 Å². The van der Waals surface area contributed by atoms with Crippen LogP contribution in [0, 0.1) is 0 Å². The van der Waals surface area contributed by atoms with Crippen molar-refractivity contribution >= 4 is 32.9 Å². The van der Waals surface area contributed by atoms with E-state index in [0.29, 0.717) is 0 Å². The molecule has 3 aromatic carbocycles. The van der Waals surface area contributed by atoms with Gasteiger partial charge in [0.25, 0.3) is 0 Å². The Morgan fingerprint density at radius 2 is 1.50 bits per heavy atom. The molecule has 0 heterocycles. The standard InChI is InChI=1S/C14H12N2/c15-12-7-3-5-10-8-9-4-1-2-6-11(9)14(16)13(10)12/h1-8H,15-16H2. The zero-order valence-corrected chi connectivity index (χ0v) is 8.77. The van der Waals surface area contributed by atoms with Gasteiger partial charge >= 0.3 is 0 Å². The summed E-state index contributed by atoms with van der Waals surface area (Å²) in [5.74, 6) is 0. The predicted molar refractivity (Wildman–Crippen MR) is 70.3 cm³/mol. The van der Waals surface area contributed by atoms with Crippen LogP contribution in [0.1, 0.15) is 0 Å². The second kappa shape index (κ2) is 3.14. The highest BCUT2D eigenvalue weighted by atomic mass is 14.6. The summed E-state index contributed by atoms with van der Waals surface area (Å²) in [5, 5.41) is 4.27. The quantitative estimate of drug-likeness (QED) is 0.440. The topological polar surface area (TPSA) is 52.0 Å². The third-order valence-electron chi connectivity index (χ3n) is 2.96.